The molecule has 148 valence electrons. The van der Waals surface area contributed by atoms with Gasteiger partial charge in [-0.1, -0.05) is 17.7 Å². The second-order valence-electron chi connectivity index (χ2n) is 6.46. The summed E-state index contributed by atoms with van der Waals surface area (Å²) in [5.41, 5.74) is 0.924. The Balaban J connectivity index is 1.65. The number of aryl methyl sites for hydroxylation is 2. The molecular formula is C21H20N4O4. The number of hydrogen-bond donors (Lipinski definition) is 1. The number of hydrogen-bond acceptors (Lipinski definition) is 5. The highest BCUT2D eigenvalue weighted by Crippen LogP contribution is 2.20. The molecule has 0 bridgehead atoms. The molecule has 2 heterocycles. The molecule has 0 radical (unpaired) electrons. The van der Waals surface area contributed by atoms with Crippen LogP contribution in [0.2, 0.25) is 0 Å². The van der Waals surface area contributed by atoms with Crippen LogP contribution in [0.4, 0.5) is 5.69 Å². The lowest BCUT2D eigenvalue weighted by Gasteiger charge is -2.06. The van der Waals surface area contributed by atoms with Crippen LogP contribution in [0.3, 0.4) is 0 Å². The van der Waals surface area contributed by atoms with E-state index < -0.39 is 17.2 Å². The number of anilines is 1. The van der Waals surface area contributed by atoms with Crippen molar-refractivity contribution in [3.05, 3.63) is 86.8 Å². The predicted octanol–water partition coefficient (Wildman–Crippen LogP) is 2.23. The van der Waals surface area contributed by atoms with E-state index in [0.29, 0.717) is 17.3 Å². The van der Waals surface area contributed by atoms with Crippen molar-refractivity contribution >= 4 is 17.7 Å². The summed E-state index contributed by atoms with van der Waals surface area (Å²) in [4.78, 5) is 40.0. The summed E-state index contributed by atoms with van der Waals surface area (Å²) in [5.74, 6) is 0.632. The van der Waals surface area contributed by atoms with Crippen molar-refractivity contribution in [3.63, 3.8) is 0 Å². The summed E-state index contributed by atoms with van der Waals surface area (Å²) in [5, 5.41) is 2.65. The predicted molar refractivity (Wildman–Crippen MR) is 110 cm³/mol. The lowest BCUT2D eigenvalue weighted by atomic mass is 10.2. The Morgan fingerprint density at radius 1 is 1.10 bits per heavy atom. The molecule has 0 spiro atoms. The molecule has 0 saturated carbocycles. The number of rotatable bonds is 5. The number of ether oxygens (including phenoxy) is 1. The fourth-order valence-electron chi connectivity index (χ4n) is 2.54. The van der Waals surface area contributed by atoms with Crippen molar-refractivity contribution in [2.75, 3.05) is 5.32 Å². The SMILES string of the molecule is Cc1ccc(Oc2ccc(NC(=O)/C=C/c3cn(C)c(=O)n(C)c3=O)cn2)cc1. The minimum atomic E-state index is -0.476. The third kappa shape index (κ3) is 4.86. The normalized spacial score (nSPS) is 10.9. The first-order valence-corrected chi connectivity index (χ1v) is 8.80. The lowest BCUT2D eigenvalue weighted by Crippen LogP contribution is -2.37. The highest BCUT2D eigenvalue weighted by atomic mass is 16.5. The zero-order valence-electron chi connectivity index (χ0n) is 16.2. The first-order chi connectivity index (χ1) is 13.8. The summed E-state index contributed by atoms with van der Waals surface area (Å²) < 4.78 is 7.90. The minimum Gasteiger partial charge on any atom is -0.439 e. The van der Waals surface area contributed by atoms with Crippen LogP contribution in [0.25, 0.3) is 6.08 Å². The van der Waals surface area contributed by atoms with Gasteiger partial charge in [-0.2, -0.15) is 0 Å². The molecule has 1 amide bonds. The molecule has 1 N–H and O–H groups in total. The summed E-state index contributed by atoms with van der Waals surface area (Å²) in [6, 6.07) is 10.9. The van der Waals surface area contributed by atoms with Gasteiger partial charge in [0, 0.05) is 32.4 Å². The van der Waals surface area contributed by atoms with E-state index >= 15 is 0 Å². The van der Waals surface area contributed by atoms with E-state index in [-0.39, 0.29) is 5.56 Å². The monoisotopic (exact) mass is 392 g/mol. The molecule has 2 aromatic heterocycles. The van der Waals surface area contributed by atoms with E-state index in [2.05, 4.69) is 10.3 Å². The molecule has 8 heteroatoms. The Labute approximate surface area is 166 Å². The van der Waals surface area contributed by atoms with Crippen LogP contribution in [0.1, 0.15) is 11.1 Å². The van der Waals surface area contributed by atoms with Gasteiger partial charge in [0.05, 0.1) is 17.4 Å². The molecule has 3 aromatic rings. The van der Waals surface area contributed by atoms with Crippen LogP contribution < -0.4 is 21.3 Å². The topological polar surface area (TPSA) is 95.2 Å². The molecule has 0 aliphatic rings. The molecule has 0 unspecified atom stereocenters. The van der Waals surface area contributed by atoms with Gasteiger partial charge < -0.3 is 14.6 Å². The van der Waals surface area contributed by atoms with E-state index in [1.807, 2.05) is 31.2 Å². The molecule has 8 nitrogen and oxygen atoms in total. The average Bonchev–Trinajstić information content (AvgIpc) is 2.71. The smallest absolute Gasteiger partial charge is 0.330 e. The first kappa shape index (κ1) is 19.8. The maximum absolute atomic E-state index is 12.1. The number of nitrogens with zero attached hydrogens (tertiary/aromatic N) is 3. The van der Waals surface area contributed by atoms with Gasteiger partial charge in [-0.15, -0.1) is 0 Å². The molecule has 0 aliphatic heterocycles. The molecular weight excluding hydrogens is 372 g/mol. The fraction of sp³-hybridized carbons (Fsp3) is 0.143. The van der Waals surface area contributed by atoms with Crippen LogP contribution in [0.15, 0.2) is 64.5 Å². The summed E-state index contributed by atoms with van der Waals surface area (Å²) >= 11 is 0. The summed E-state index contributed by atoms with van der Waals surface area (Å²) in [7, 11) is 2.92. The highest BCUT2D eigenvalue weighted by Gasteiger charge is 2.05. The number of nitrogens with one attached hydrogen (secondary N) is 1. The number of carbonyl (C=O) groups is 1. The van der Waals surface area contributed by atoms with Crippen LogP contribution in [0.5, 0.6) is 11.6 Å². The zero-order valence-corrected chi connectivity index (χ0v) is 16.2. The van der Waals surface area contributed by atoms with E-state index in [4.69, 9.17) is 4.74 Å². The Bertz CT molecular complexity index is 1170. The maximum atomic E-state index is 12.1. The van der Waals surface area contributed by atoms with E-state index in [1.54, 1.807) is 12.1 Å². The first-order valence-electron chi connectivity index (χ1n) is 8.80. The average molecular weight is 392 g/mol. The van der Waals surface area contributed by atoms with E-state index in [9.17, 15) is 14.4 Å². The van der Waals surface area contributed by atoms with Crippen molar-refractivity contribution in [2.24, 2.45) is 14.1 Å². The van der Waals surface area contributed by atoms with Crippen molar-refractivity contribution in [1.29, 1.82) is 0 Å². The fourth-order valence-corrected chi connectivity index (χ4v) is 2.54. The standard InChI is InChI=1S/C21H20N4O4/c1-14-4-8-17(9-5-14)29-19-11-7-16(12-22-19)23-18(26)10-6-15-13-24(2)21(28)25(3)20(15)27/h4-13H,1-3H3,(H,23,26)/b10-6+. The van der Waals surface area contributed by atoms with E-state index in [1.165, 1.54) is 43.2 Å². The highest BCUT2D eigenvalue weighted by molar-refractivity contribution is 6.01. The molecule has 29 heavy (non-hydrogen) atoms. The Hall–Kier alpha value is -3.94. The van der Waals surface area contributed by atoms with Crippen LogP contribution in [-0.4, -0.2) is 20.0 Å². The largest absolute Gasteiger partial charge is 0.439 e. The third-order valence-electron chi connectivity index (χ3n) is 4.13. The third-order valence-corrected chi connectivity index (χ3v) is 4.13. The van der Waals surface area contributed by atoms with Gasteiger partial charge in [-0.3, -0.25) is 14.2 Å². The van der Waals surface area contributed by atoms with Gasteiger partial charge in [0.25, 0.3) is 5.56 Å². The molecule has 0 fully saturated rings. The summed E-state index contributed by atoms with van der Waals surface area (Å²) in [6.07, 6.45) is 5.44. The van der Waals surface area contributed by atoms with Gasteiger partial charge >= 0.3 is 5.69 Å². The van der Waals surface area contributed by atoms with Gasteiger partial charge in [0.15, 0.2) is 0 Å². The lowest BCUT2D eigenvalue weighted by molar-refractivity contribution is -0.111. The Kier molecular flexibility index (Phi) is 5.73. The van der Waals surface area contributed by atoms with Crippen molar-refractivity contribution in [2.45, 2.75) is 6.92 Å². The number of benzene rings is 1. The number of pyridine rings is 1. The molecule has 0 atom stereocenters. The molecule has 0 saturated heterocycles. The molecule has 1 aromatic carbocycles. The van der Waals surface area contributed by atoms with Gasteiger partial charge in [0.2, 0.25) is 11.8 Å². The second-order valence-corrected chi connectivity index (χ2v) is 6.46. The second kappa shape index (κ2) is 8.39. The Morgan fingerprint density at radius 2 is 1.83 bits per heavy atom. The minimum absolute atomic E-state index is 0.227. The van der Waals surface area contributed by atoms with Crippen molar-refractivity contribution in [3.8, 4) is 11.6 Å². The molecule has 0 aliphatic carbocycles. The number of amides is 1. The zero-order chi connectivity index (χ0) is 21.0. The van der Waals surface area contributed by atoms with E-state index in [0.717, 1.165) is 10.1 Å². The van der Waals surface area contributed by atoms with Crippen LogP contribution in [-0.2, 0) is 18.9 Å². The summed E-state index contributed by atoms with van der Waals surface area (Å²) in [6.45, 7) is 1.99. The van der Waals surface area contributed by atoms with Gasteiger partial charge in [-0.25, -0.2) is 9.78 Å². The number of aromatic nitrogens is 3. The maximum Gasteiger partial charge on any atom is 0.330 e. The Morgan fingerprint density at radius 3 is 2.48 bits per heavy atom. The van der Waals surface area contributed by atoms with Crippen molar-refractivity contribution < 1.29 is 9.53 Å². The van der Waals surface area contributed by atoms with Gasteiger partial charge in [-0.05, 0) is 31.2 Å². The molecule has 3 rings (SSSR count). The quantitative estimate of drug-likeness (QED) is 0.672. The number of carbonyl (C=O) groups excluding carboxylic acids is 1. The van der Waals surface area contributed by atoms with Crippen LogP contribution >= 0.6 is 0 Å². The van der Waals surface area contributed by atoms with Crippen LogP contribution in [0, 0.1) is 6.92 Å². The van der Waals surface area contributed by atoms with Gasteiger partial charge in [0.1, 0.15) is 5.75 Å². The van der Waals surface area contributed by atoms with Crippen molar-refractivity contribution in [1.82, 2.24) is 14.1 Å².